The van der Waals surface area contributed by atoms with E-state index in [4.69, 9.17) is 25.6 Å². The number of pyridine rings is 1. The van der Waals surface area contributed by atoms with Crippen LogP contribution in [-0.4, -0.2) is 50.9 Å². The van der Waals surface area contributed by atoms with E-state index in [9.17, 15) is 9.59 Å². The van der Waals surface area contributed by atoms with Crippen molar-refractivity contribution in [1.29, 1.82) is 0 Å². The number of hydrogen-bond acceptors (Lipinski definition) is 7. The van der Waals surface area contributed by atoms with E-state index in [1.165, 1.54) is 0 Å². The van der Waals surface area contributed by atoms with E-state index < -0.39 is 5.60 Å². The summed E-state index contributed by atoms with van der Waals surface area (Å²) in [5, 5.41) is 4.93. The molecule has 1 aliphatic rings. The van der Waals surface area contributed by atoms with Crippen LogP contribution in [0.1, 0.15) is 63.4 Å². The van der Waals surface area contributed by atoms with Gasteiger partial charge in [0.1, 0.15) is 11.4 Å². The van der Waals surface area contributed by atoms with Crippen molar-refractivity contribution in [3.63, 3.8) is 0 Å². The second-order valence-electron chi connectivity index (χ2n) is 12.0. The molecule has 42 heavy (non-hydrogen) atoms. The second-order valence-corrected chi connectivity index (χ2v) is 12.4. The van der Waals surface area contributed by atoms with Crippen molar-refractivity contribution in [2.24, 2.45) is 0 Å². The highest BCUT2D eigenvalue weighted by Crippen LogP contribution is 2.39. The smallest absolute Gasteiger partial charge is 0.410 e. The molecule has 2 aromatic heterocycles. The van der Waals surface area contributed by atoms with E-state index in [2.05, 4.69) is 21.2 Å². The molecule has 0 saturated carbocycles. The van der Waals surface area contributed by atoms with Crippen LogP contribution in [0.3, 0.4) is 0 Å². The highest BCUT2D eigenvalue weighted by atomic mass is 35.5. The minimum absolute atomic E-state index is 0.0297. The zero-order chi connectivity index (χ0) is 30.2. The minimum atomic E-state index is -0.573. The Hall–Kier alpha value is -3.85. The summed E-state index contributed by atoms with van der Waals surface area (Å²) in [6, 6.07) is 9.47. The summed E-state index contributed by atoms with van der Waals surface area (Å²) in [6.07, 6.45) is 3.10. The summed E-state index contributed by atoms with van der Waals surface area (Å²) in [5.74, 6) is 1.20. The molecule has 1 aliphatic heterocycles. The number of aromatic nitrogens is 3. The highest BCUT2D eigenvalue weighted by molar-refractivity contribution is 6.34. The summed E-state index contributed by atoms with van der Waals surface area (Å²) in [5.41, 5.74) is 3.45. The lowest BCUT2D eigenvalue weighted by Gasteiger charge is -2.36. The fourth-order valence-corrected chi connectivity index (χ4v) is 5.79. The lowest BCUT2D eigenvalue weighted by molar-refractivity contribution is 0.00745. The third-order valence-corrected chi connectivity index (χ3v) is 7.59. The number of amides is 1. The van der Waals surface area contributed by atoms with Crippen molar-refractivity contribution < 1.29 is 18.8 Å². The molecule has 10 heteroatoms. The van der Waals surface area contributed by atoms with Crippen LogP contribution in [0.15, 0.2) is 39.6 Å². The molecule has 9 nitrogen and oxygen atoms in total. The molecule has 1 fully saturated rings. The average molecular weight is 593 g/mol. The predicted octanol–water partition coefficient (Wildman–Crippen LogP) is 7.38. The van der Waals surface area contributed by atoms with Gasteiger partial charge in [-0.25, -0.2) is 4.79 Å². The van der Waals surface area contributed by atoms with Gasteiger partial charge in [0.25, 0.3) is 11.4 Å². The lowest BCUT2D eigenvalue weighted by Crippen LogP contribution is -2.46. The van der Waals surface area contributed by atoms with E-state index >= 15 is 0 Å². The number of H-pyrrole nitrogens is 1. The molecule has 2 aromatic carbocycles. The number of nitrogens with zero attached hydrogens (tertiary/aromatic N) is 3. The molecule has 0 radical (unpaired) electrons. The SMILES string of the molecule is Cc1cc(C)cc(-c2c(OCCC3CCCCN3C(=O)OC(C)(C)C)c3cc(-c4nc(C)no4)c(Cl)cc3[nH]c2=O)c1. The number of carbonyl (C=O) groups is 1. The molecule has 222 valence electrons. The zero-order valence-corrected chi connectivity index (χ0v) is 25.7. The summed E-state index contributed by atoms with van der Waals surface area (Å²) >= 11 is 6.61. The summed E-state index contributed by atoms with van der Waals surface area (Å²) in [4.78, 5) is 35.7. The van der Waals surface area contributed by atoms with Gasteiger partial charge in [0.2, 0.25) is 0 Å². The Labute approximate surface area is 250 Å². The number of ether oxygens (including phenoxy) is 2. The number of aryl methyl sites for hydroxylation is 3. The van der Waals surface area contributed by atoms with Crippen molar-refractivity contribution >= 4 is 28.6 Å². The van der Waals surface area contributed by atoms with Gasteiger partial charge in [-0.05, 0) is 78.5 Å². The summed E-state index contributed by atoms with van der Waals surface area (Å²) in [7, 11) is 0. The van der Waals surface area contributed by atoms with Gasteiger partial charge in [0.05, 0.1) is 28.3 Å². The number of piperidine rings is 1. The Morgan fingerprint density at radius 1 is 1.12 bits per heavy atom. The van der Waals surface area contributed by atoms with Gasteiger partial charge in [0.15, 0.2) is 5.82 Å². The Bertz CT molecular complexity index is 1670. The van der Waals surface area contributed by atoms with Gasteiger partial charge in [0, 0.05) is 24.4 Å². The molecule has 1 atom stereocenters. The van der Waals surface area contributed by atoms with Gasteiger partial charge in [-0.1, -0.05) is 46.1 Å². The van der Waals surface area contributed by atoms with Crippen LogP contribution in [0.5, 0.6) is 5.75 Å². The number of aromatic amines is 1. The van der Waals surface area contributed by atoms with Gasteiger partial charge in [-0.15, -0.1) is 0 Å². The number of hydrogen-bond donors (Lipinski definition) is 1. The molecular weight excluding hydrogens is 556 g/mol. The monoisotopic (exact) mass is 592 g/mol. The number of carbonyl (C=O) groups excluding carboxylic acids is 1. The molecule has 0 aliphatic carbocycles. The number of likely N-dealkylation sites (tertiary alicyclic amines) is 1. The van der Waals surface area contributed by atoms with E-state index in [1.54, 1.807) is 13.0 Å². The van der Waals surface area contributed by atoms with Crippen LogP contribution >= 0.6 is 11.6 Å². The van der Waals surface area contributed by atoms with Crippen LogP contribution in [0.25, 0.3) is 33.5 Å². The van der Waals surface area contributed by atoms with Gasteiger partial charge in [-0.3, -0.25) is 4.79 Å². The maximum Gasteiger partial charge on any atom is 0.410 e. The molecule has 5 rings (SSSR count). The predicted molar refractivity (Wildman–Crippen MR) is 163 cm³/mol. The van der Waals surface area contributed by atoms with Crippen LogP contribution in [0.4, 0.5) is 4.79 Å². The minimum Gasteiger partial charge on any atom is -0.492 e. The molecule has 0 bridgehead atoms. The average Bonchev–Trinajstić information content (AvgIpc) is 3.32. The molecule has 4 aromatic rings. The van der Waals surface area contributed by atoms with Crippen LogP contribution < -0.4 is 10.3 Å². The molecular formula is C32H37ClN4O5. The van der Waals surface area contributed by atoms with Crippen LogP contribution in [0.2, 0.25) is 5.02 Å². The van der Waals surface area contributed by atoms with Gasteiger partial charge < -0.3 is 23.9 Å². The second kappa shape index (κ2) is 11.8. The van der Waals surface area contributed by atoms with Crippen molar-refractivity contribution in [2.75, 3.05) is 13.2 Å². The third-order valence-electron chi connectivity index (χ3n) is 7.28. The maximum atomic E-state index is 13.6. The van der Waals surface area contributed by atoms with Crippen molar-refractivity contribution in [1.82, 2.24) is 20.0 Å². The normalized spacial score (nSPS) is 15.7. The number of fused-ring (bicyclic) bond motifs is 1. The van der Waals surface area contributed by atoms with Crippen LogP contribution in [0, 0.1) is 20.8 Å². The number of rotatable bonds is 6. The number of halogens is 1. The van der Waals surface area contributed by atoms with Gasteiger partial charge >= 0.3 is 6.09 Å². The quantitative estimate of drug-likeness (QED) is 0.248. The molecule has 1 unspecified atom stereocenters. The van der Waals surface area contributed by atoms with Gasteiger partial charge in [-0.2, -0.15) is 4.98 Å². The van der Waals surface area contributed by atoms with Crippen molar-refractivity contribution in [3.8, 4) is 28.3 Å². The first-order chi connectivity index (χ1) is 19.9. The molecule has 1 amide bonds. The Kier molecular flexibility index (Phi) is 8.32. The lowest BCUT2D eigenvalue weighted by atomic mass is 9.98. The topological polar surface area (TPSA) is 111 Å². The number of benzene rings is 2. The zero-order valence-electron chi connectivity index (χ0n) is 25.0. The fraction of sp³-hybridized carbons (Fsp3) is 0.438. The standard InChI is InChI=1S/C32H37ClN4O5/c1-18-13-19(2)15-21(14-18)27-28(40-12-10-22-9-7-8-11-37(22)31(39)41-32(4,5)6)24-16-23(30-34-20(3)36-42-30)25(33)17-26(24)35-29(27)38/h13-17,22H,7-12H2,1-6H3,(H,35,38). The highest BCUT2D eigenvalue weighted by Gasteiger charge is 2.30. The molecule has 0 spiro atoms. The first-order valence-electron chi connectivity index (χ1n) is 14.3. The first-order valence-corrected chi connectivity index (χ1v) is 14.7. The largest absolute Gasteiger partial charge is 0.492 e. The Balaban J connectivity index is 1.55. The fourth-order valence-electron chi connectivity index (χ4n) is 5.55. The van der Waals surface area contributed by atoms with E-state index in [0.717, 1.165) is 36.0 Å². The van der Waals surface area contributed by atoms with E-state index in [0.29, 0.717) is 51.6 Å². The Morgan fingerprint density at radius 2 is 1.86 bits per heavy atom. The summed E-state index contributed by atoms with van der Waals surface area (Å²) < 4.78 is 17.6. The molecule has 1 saturated heterocycles. The van der Waals surface area contributed by atoms with Crippen molar-refractivity contribution in [3.05, 3.63) is 62.7 Å². The van der Waals surface area contributed by atoms with Crippen LogP contribution in [-0.2, 0) is 4.74 Å². The molecule has 1 N–H and O–H groups in total. The van der Waals surface area contributed by atoms with E-state index in [1.807, 2.05) is 57.7 Å². The van der Waals surface area contributed by atoms with E-state index in [-0.39, 0.29) is 30.2 Å². The summed E-state index contributed by atoms with van der Waals surface area (Å²) in [6.45, 7) is 12.3. The third kappa shape index (κ3) is 6.46. The van der Waals surface area contributed by atoms with Crippen molar-refractivity contribution in [2.45, 2.75) is 78.9 Å². The Morgan fingerprint density at radius 3 is 2.52 bits per heavy atom. The number of nitrogens with one attached hydrogen (secondary N) is 1. The maximum absolute atomic E-state index is 13.6. The molecule has 3 heterocycles. The first kappa shape index (κ1) is 29.6.